The Balaban J connectivity index is 2.16. The van der Waals surface area contributed by atoms with E-state index >= 15 is 0 Å². The monoisotopic (exact) mass is 270 g/mol. The van der Waals surface area contributed by atoms with Crippen molar-refractivity contribution in [1.82, 2.24) is 9.55 Å². The van der Waals surface area contributed by atoms with Gasteiger partial charge in [0, 0.05) is 6.54 Å². The SMILES string of the molecule is CCn1cncc1COc1ccccc1C(F)(F)F. The van der Waals surface area contributed by atoms with Crippen molar-refractivity contribution in [3.8, 4) is 5.75 Å². The first kappa shape index (κ1) is 13.5. The number of imidazole rings is 1. The molecule has 0 aliphatic heterocycles. The van der Waals surface area contributed by atoms with Crippen molar-refractivity contribution in [2.75, 3.05) is 0 Å². The van der Waals surface area contributed by atoms with Crippen molar-refractivity contribution in [2.24, 2.45) is 0 Å². The summed E-state index contributed by atoms with van der Waals surface area (Å²) in [6.45, 7) is 2.68. The molecule has 1 heterocycles. The minimum atomic E-state index is -4.42. The largest absolute Gasteiger partial charge is 0.487 e. The van der Waals surface area contributed by atoms with Gasteiger partial charge in [0.05, 0.1) is 23.8 Å². The van der Waals surface area contributed by atoms with E-state index in [1.165, 1.54) is 18.2 Å². The second-order valence-electron chi connectivity index (χ2n) is 3.95. The van der Waals surface area contributed by atoms with Crippen molar-refractivity contribution in [1.29, 1.82) is 0 Å². The quantitative estimate of drug-likeness (QED) is 0.850. The molecule has 0 saturated heterocycles. The number of para-hydroxylation sites is 1. The third kappa shape index (κ3) is 3.07. The van der Waals surface area contributed by atoms with Crippen molar-refractivity contribution < 1.29 is 17.9 Å². The average Bonchev–Trinajstić information content (AvgIpc) is 2.83. The molecule has 102 valence electrons. The number of ether oxygens (including phenoxy) is 1. The molecule has 1 aromatic carbocycles. The molecule has 3 nitrogen and oxygen atoms in total. The van der Waals surface area contributed by atoms with Gasteiger partial charge >= 0.3 is 6.18 Å². The van der Waals surface area contributed by atoms with Crippen LogP contribution in [0, 0.1) is 0 Å². The van der Waals surface area contributed by atoms with Crippen LogP contribution in [0.15, 0.2) is 36.8 Å². The third-order valence-electron chi connectivity index (χ3n) is 2.71. The molecule has 6 heteroatoms. The van der Waals surface area contributed by atoms with Gasteiger partial charge in [-0.1, -0.05) is 12.1 Å². The van der Waals surface area contributed by atoms with Crippen LogP contribution in [0.1, 0.15) is 18.2 Å². The van der Waals surface area contributed by atoms with Crippen LogP contribution in [-0.2, 0) is 19.3 Å². The summed E-state index contributed by atoms with van der Waals surface area (Å²) in [6.07, 6.45) is -1.21. The lowest BCUT2D eigenvalue weighted by atomic mass is 10.2. The minimum Gasteiger partial charge on any atom is -0.487 e. The topological polar surface area (TPSA) is 27.1 Å². The number of hydrogen-bond acceptors (Lipinski definition) is 2. The van der Waals surface area contributed by atoms with Gasteiger partial charge in [-0.15, -0.1) is 0 Å². The lowest BCUT2D eigenvalue weighted by Gasteiger charge is -2.14. The van der Waals surface area contributed by atoms with Crippen LogP contribution in [0.25, 0.3) is 0 Å². The molecule has 0 aliphatic rings. The Morgan fingerprint density at radius 1 is 1.26 bits per heavy atom. The Morgan fingerprint density at radius 3 is 2.68 bits per heavy atom. The molecule has 0 atom stereocenters. The van der Waals surface area contributed by atoms with Crippen molar-refractivity contribution >= 4 is 0 Å². The van der Waals surface area contributed by atoms with E-state index < -0.39 is 11.7 Å². The van der Waals surface area contributed by atoms with Crippen molar-refractivity contribution in [3.63, 3.8) is 0 Å². The smallest absolute Gasteiger partial charge is 0.419 e. The predicted octanol–water partition coefficient (Wildman–Crippen LogP) is 3.50. The molecule has 0 amide bonds. The van der Waals surface area contributed by atoms with E-state index in [9.17, 15) is 13.2 Å². The third-order valence-corrected chi connectivity index (χ3v) is 2.71. The number of hydrogen-bond donors (Lipinski definition) is 0. The predicted molar refractivity (Wildman–Crippen MR) is 63.7 cm³/mol. The fraction of sp³-hybridized carbons (Fsp3) is 0.308. The summed E-state index contributed by atoms with van der Waals surface area (Å²) in [7, 11) is 0. The summed E-state index contributed by atoms with van der Waals surface area (Å²) in [5, 5.41) is 0. The van der Waals surface area contributed by atoms with Gasteiger partial charge in [0.25, 0.3) is 0 Å². The Bertz CT molecular complexity index is 549. The highest BCUT2D eigenvalue weighted by Crippen LogP contribution is 2.36. The lowest BCUT2D eigenvalue weighted by Crippen LogP contribution is -2.10. The van der Waals surface area contributed by atoms with Crippen LogP contribution >= 0.6 is 0 Å². The molecule has 19 heavy (non-hydrogen) atoms. The molecule has 0 aliphatic carbocycles. The number of benzene rings is 1. The fourth-order valence-electron chi connectivity index (χ4n) is 1.73. The molecule has 0 spiro atoms. The molecule has 2 aromatic rings. The normalized spacial score (nSPS) is 11.6. The van der Waals surface area contributed by atoms with Gasteiger partial charge in [-0.05, 0) is 19.1 Å². The summed E-state index contributed by atoms with van der Waals surface area (Å²) in [4.78, 5) is 3.94. The number of aromatic nitrogens is 2. The van der Waals surface area contributed by atoms with Gasteiger partial charge in [-0.2, -0.15) is 13.2 Å². The first-order valence-corrected chi connectivity index (χ1v) is 5.80. The second-order valence-corrected chi connectivity index (χ2v) is 3.95. The first-order valence-electron chi connectivity index (χ1n) is 5.80. The van der Waals surface area contributed by atoms with E-state index in [2.05, 4.69) is 4.98 Å². The van der Waals surface area contributed by atoms with Crippen LogP contribution < -0.4 is 4.74 Å². The molecule has 2 rings (SSSR count). The van der Waals surface area contributed by atoms with Gasteiger partial charge in [0.1, 0.15) is 12.4 Å². The van der Waals surface area contributed by atoms with E-state index in [-0.39, 0.29) is 12.4 Å². The molecule has 0 saturated carbocycles. The van der Waals surface area contributed by atoms with Gasteiger partial charge in [0.2, 0.25) is 0 Å². The lowest BCUT2D eigenvalue weighted by molar-refractivity contribution is -0.139. The van der Waals surface area contributed by atoms with E-state index in [4.69, 9.17) is 4.74 Å². The highest BCUT2D eigenvalue weighted by molar-refractivity contribution is 5.35. The Morgan fingerprint density at radius 2 is 2.00 bits per heavy atom. The zero-order valence-electron chi connectivity index (χ0n) is 10.3. The van der Waals surface area contributed by atoms with Gasteiger partial charge in [-0.25, -0.2) is 4.98 Å². The summed E-state index contributed by atoms with van der Waals surface area (Å²) in [6, 6.07) is 5.18. The Hall–Kier alpha value is -1.98. The number of rotatable bonds is 4. The second kappa shape index (κ2) is 5.34. The van der Waals surface area contributed by atoms with Gasteiger partial charge in [0.15, 0.2) is 0 Å². The first-order chi connectivity index (χ1) is 9.02. The minimum absolute atomic E-state index is 0.0565. The number of nitrogens with zero attached hydrogens (tertiary/aromatic N) is 2. The number of alkyl halides is 3. The zero-order valence-corrected chi connectivity index (χ0v) is 10.3. The maximum Gasteiger partial charge on any atom is 0.419 e. The molecule has 0 radical (unpaired) electrons. The Kier molecular flexibility index (Phi) is 3.78. The molecule has 0 unspecified atom stereocenters. The van der Waals surface area contributed by atoms with Crippen LogP contribution in [0.3, 0.4) is 0 Å². The van der Waals surface area contributed by atoms with Gasteiger partial charge < -0.3 is 9.30 Å². The van der Waals surface area contributed by atoms with E-state index in [0.717, 1.165) is 11.8 Å². The van der Waals surface area contributed by atoms with Crippen molar-refractivity contribution in [3.05, 3.63) is 48.0 Å². The summed E-state index contributed by atoms with van der Waals surface area (Å²) in [5.74, 6) is -0.168. The summed E-state index contributed by atoms with van der Waals surface area (Å²) in [5.41, 5.74) is -0.0305. The zero-order chi connectivity index (χ0) is 13.9. The maximum absolute atomic E-state index is 12.8. The summed E-state index contributed by atoms with van der Waals surface area (Å²) < 4.78 is 45.4. The molecule has 0 fully saturated rings. The van der Waals surface area contributed by atoms with Crippen LogP contribution in [-0.4, -0.2) is 9.55 Å². The molecular formula is C13H13F3N2O. The van der Waals surface area contributed by atoms with Crippen molar-refractivity contribution in [2.45, 2.75) is 26.3 Å². The van der Waals surface area contributed by atoms with Crippen LogP contribution in [0.5, 0.6) is 5.75 Å². The van der Waals surface area contributed by atoms with Gasteiger partial charge in [-0.3, -0.25) is 0 Å². The highest BCUT2D eigenvalue weighted by Gasteiger charge is 2.34. The standard InChI is InChI=1S/C13H13F3N2O/c1-2-18-9-17-7-10(18)8-19-12-6-4-3-5-11(12)13(14,15)16/h3-7,9H,2,8H2,1H3. The van der Waals surface area contributed by atoms with Crippen LogP contribution in [0.4, 0.5) is 13.2 Å². The molecule has 1 aromatic heterocycles. The molecular weight excluding hydrogens is 257 g/mol. The highest BCUT2D eigenvalue weighted by atomic mass is 19.4. The fourth-order valence-corrected chi connectivity index (χ4v) is 1.73. The maximum atomic E-state index is 12.8. The van der Waals surface area contributed by atoms with E-state index in [1.807, 2.05) is 11.5 Å². The van der Waals surface area contributed by atoms with E-state index in [0.29, 0.717) is 6.54 Å². The Labute approximate surface area is 108 Å². The average molecular weight is 270 g/mol. The van der Waals surface area contributed by atoms with E-state index in [1.54, 1.807) is 12.5 Å². The van der Waals surface area contributed by atoms with Crippen LogP contribution in [0.2, 0.25) is 0 Å². The molecule has 0 N–H and O–H groups in total. The summed E-state index contributed by atoms with van der Waals surface area (Å²) >= 11 is 0. The number of aryl methyl sites for hydroxylation is 1. The number of halogens is 3. The molecule has 0 bridgehead atoms.